The molecule has 0 aliphatic rings. The molecular weight excluding hydrogens is 200 g/mol. The molecule has 0 bridgehead atoms. The van der Waals surface area contributed by atoms with E-state index >= 15 is 0 Å². The molecule has 0 heterocycles. The lowest BCUT2D eigenvalue weighted by atomic mass is 10.0. The molecule has 1 N–H and O–H groups in total. The van der Waals surface area contributed by atoms with Crippen LogP contribution in [0.1, 0.15) is 18.5 Å². The first-order valence-corrected chi connectivity index (χ1v) is 5.70. The second-order valence-corrected chi connectivity index (χ2v) is 4.03. The van der Waals surface area contributed by atoms with Gasteiger partial charge in [0.15, 0.2) is 0 Å². The minimum absolute atomic E-state index is 0.344. The van der Waals surface area contributed by atoms with Gasteiger partial charge in [0.1, 0.15) is 5.75 Å². The standard InChI is InChI=1S/C13H22N2O/c1-5-14-10-12(15(2)3)11-8-6-7-9-13(11)16-4/h6-9,12,14H,5,10H2,1-4H3. The molecule has 1 aromatic carbocycles. The van der Waals surface area contributed by atoms with Crippen LogP contribution in [0.15, 0.2) is 24.3 Å². The number of nitrogens with zero attached hydrogens (tertiary/aromatic N) is 1. The van der Waals surface area contributed by atoms with Crippen molar-refractivity contribution in [3.63, 3.8) is 0 Å². The average molecular weight is 222 g/mol. The van der Waals surface area contributed by atoms with Gasteiger partial charge in [-0.3, -0.25) is 0 Å². The van der Waals surface area contributed by atoms with Gasteiger partial charge in [-0.2, -0.15) is 0 Å². The number of hydrogen-bond donors (Lipinski definition) is 1. The smallest absolute Gasteiger partial charge is 0.123 e. The Balaban J connectivity index is 2.91. The van der Waals surface area contributed by atoms with Crippen molar-refractivity contribution >= 4 is 0 Å². The van der Waals surface area contributed by atoms with Crippen molar-refractivity contribution in [3.05, 3.63) is 29.8 Å². The molecule has 1 rings (SSSR count). The lowest BCUT2D eigenvalue weighted by molar-refractivity contribution is 0.281. The van der Waals surface area contributed by atoms with Gasteiger partial charge in [0.2, 0.25) is 0 Å². The number of methoxy groups -OCH3 is 1. The summed E-state index contributed by atoms with van der Waals surface area (Å²) in [5, 5.41) is 3.38. The molecule has 16 heavy (non-hydrogen) atoms. The first kappa shape index (κ1) is 13.0. The van der Waals surface area contributed by atoms with Gasteiger partial charge >= 0.3 is 0 Å². The quantitative estimate of drug-likeness (QED) is 0.795. The Morgan fingerprint density at radius 2 is 2.00 bits per heavy atom. The van der Waals surface area contributed by atoms with Crippen LogP contribution in [0, 0.1) is 0 Å². The predicted octanol–water partition coefficient (Wildman–Crippen LogP) is 1.91. The van der Waals surface area contributed by atoms with Crippen LogP contribution < -0.4 is 10.1 Å². The Hall–Kier alpha value is -1.06. The highest BCUT2D eigenvalue weighted by atomic mass is 16.5. The van der Waals surface area contributed by atoms with E-state index in [-0.39, 0.29) is 0 Å². The molecule has 0 aliphatic carbocycles. The summed E-state index contributed by atoms with van der Waals surface area (Å²) in [7, 11) is 5.90. The van der Waals surface area contributed by atoms with Gasteiger partial charge in [0, 0.05) is 12.1 Å². The molecule has 0 aromatic heterocycles. The summed E-state index contributed by atoms with van der Waals surface area (Å²) < 4.78 is 5.40. The monoisotopic (exact) mass is 222 g/mol. The van der Waals surface area contributed by atoms with Crippen LogP contribution >= 0.6 is 0 Å². The minimum Gasteiger partial charge on any atom is -0.496 e. The molecule has 3 heteroatoms. The van der Waals surface area contributed by atoms with Gasteiger partial charge in [-0.25, -0.2) is 0 Å². The third-order valence-corrected chi connectivity index (χ3v) is 2.71. The van der Waals surface area contributed by atoms with Crippen molar-refractivity contribution < 1.29 is 4.74 Å². The average Bonchev–Trinajstić information content (AvgIpc) is 2.29. The zero-order chi connectivity index (χ0) is 12.0. The maximum absolute atomic E-state index is 5.40. The summed E-state index contributed by atoms with van der Waals surface area (Å²) in [6.45, 7) is 4.04. The van der Waals surface area contributed by atoms with E-state index in [4.69, 9.17) is 4.74 Å². The van der Waals surface area contributed by atoms with Gasteiger partial charge in [0.05, 0.1) is 13.2 Å². The molecule has 1 atom stereocenters. The molecule has 1 aromatic rings. The van der Waals surface area contributed by atoms with Crippen LogP contribution in [0.3, 0.4) is 0 Å². The van der Waals surface area contributed by atoms with Crippen molar-refractivity contribution in [1.29, 1.82) is 0 Å². The Morgan fingerprint density at radius 3 is 2.56 bits per heavy atom. The second-order valence-electron chi connectivity index (χ2n) is 4.03. The molecule has 0 radical (unpaired) electrons. The molecule has 0 fully saturated rings. The third-order valence-electron chi connectivity index (χ3n) is 2.71. The molecule has 0 aliphatic heterocycles. The summed E-state index contributed by atoms with van der Waals surface area (Å²) in [6.07, 6.45) is 0. The third kappa shape index (κ3) is 3.22. The van der Waals surface area contributed by atoms with Gasteiger partial charge in [0.25, 0.3) is 0 Å². The lowest BCUT2D eigenvalue weighted by Gasteiger charge is -2.26. The maximum Gasteiger partial charge on any atom is 0.123 e. The number of ether oxygens (including phenoxy) is 1. The van der Waals surface area contributed by atoms with Gasteiger partial charge in [-0.05, 0) is 26.7 Å². The van der Waals surface area contributed by atoms with Crippen molar-refractivity contribution in [1.82, 2.24) is 10.2 Å². The highest BCUT2D eigenvalue weighted by Gasteiger charge is 2.16. The lowest BCUT2D eigenvalue weighted by Crippen LogP contribution is -2.31. The SMILES string of the molecule is CCNCC(c1ccccc1OC)N(C)C. The van der Waals surface area contributed by atoms with Crippen molar-refractivity contribution in [2.45, 2.75) is 13.0 Å². The zero-order valence-electron chi connectivity index (χ0n) is 10.7. The van der Waals surface area contributed by atoms with Gasteiger partial charge in [-0.1, -0.05) is 25.1 Å². The van der Waals surface area contributed by atoms with Crippen LogP contribution in [0.25, 0.3) is 0 Å². The Kier molecular flexibility index (Phi) is 5.29. The van der Waals surface area contributed by atoms with E-state index in [1.165, 1.54) is 5.56 Å². The molecule has 0 saturated carbocycles. The summed E-state index contributed by atoms with van der Waals surface area (Å²) in [5.41, 5.74) is 1.23. The Bertz CT molecular complexity index is 313. The van der Waals surface area contributed by atoms with E-state index in [1.54, 1.807) is 7.11 Å². The highest BCUT2D eigenvalue weighted by molar-refractivity contribution is 5.36. The second kappa shape index (κ2) is 6.51. The van der Waals surface area contributed by atoms with E-state index in [0.717, 1.165) is 18.8 Å². The van der Waals surface area contributed by atoms with Crippen LogP contribution in [-0.2, 0) is 0 Å². The van der Waals surface area contributed by atoms with Crippen LogP contribution in [0.2, 0.25) is 0 Å². The molecule has 0 amide bonds. The van der Waals surface area contributed by atoms with Crippen molar-refractivity contribution in [3.8, 4) is 5.75 Å². The Labute approximate surface area is 98.4 Å². The first-order chi connectivity index (χ1) is 7.70. The zero-order valence-corrected chi connectivity index (χ0v) is 10.7. The fraction of sp³-hybridized carbons (Fsp3) is 0.538. The Morgan fingerprint density at radius 1 is 1.31 bits per heavy atom. The molecule has 3 nitrogen and oxygen atoms in total. The largest absolute Gasteiger partial charge is 0.496 e. The fourth-order valence-electron chi connectivity index (χ4n) is 1.79. The van der Waals surface area contributed by atoms with Crippen molar-refractivity contribution in [2.75, 3.05) is 34.3 Å². The summed E-state index contributed by atoms with van der Waals surface area (Å²) >= 11 is 0. The summed E-state index contributed by atoms with van der Waals surface area (Å²) in [5.74, 6) is 0.958. The number of rotatable bonds is 6. The number of para-hydroxylation sites is 1. The number of likely N-dealkylation sites (N-methyl/N-ethyl adjacent to an activating group) is 2. The van der Waals surface area contributed by atoms with Crippen molar-refractivity contribution in [2.24, 2.45) is 0 Å². The van der Waals surface area contributed by atoms with E-state index in [2.05, 4.69) is 43.4 Å². The van der Waals surface area contributed by atoms with E-state index < -0.39 is 0 Å². The molecule has 0 saturated heterocycles. The molecule has 90 valence electrons. The summed E-state index contributed by atoms with van der Waals surface area (Å²) in [4.78, 5) is 2.21. The van der Waals surface area contributed by atoms with Crippen LogP contribution in [0.4, 0.5) is 0 Å². The van der Waals surface area contributed by atoms with E-state index in [1.807, 2.05) is 12.1 Å². The highest BCUT2D eigenvalue weighted by Crippen LogP contribution is 2.27. The number of benzene rings is 1. The van der Waals surface area contributed by atoms with Crippen LogP contribution in [0.5, 0.6) is 5.75 Å². The van der Waals surface area contributed by atoms with E-state index in [0.29, 0.717) is 6.04 Å². The first-order valence-electron chi connectivity index (χ1n) is 5.70. The van der Waals surface area contributed by atoms with Gasteiger partial charge in [-0.15, -0.1) is 0 Å². The van der Waals surface area contributed by atoms with Gasteiger partial charge < -0.3 is 15.0 Å². The molecule has 0 spiro atoms. The number of nitrogens with one attached hydrogen (secondary N) is 1. The maximum atomic E-state index is 5.40. The summed E-state index contributed by atoms with van der Waals surface area (Å²) in [6, 6.07) is 8.54. The molecule has 1 unspecified atom stereocenters. The molecular formula is C13H22N2O. The van der Waals surface area contributed by atoms with E-state index in [9.17, 15) is 0 Å². The predicted molar refractivity (Wildman–Crippen MR) is 68.0 cm³/mol. The fourth-order valence-corrected chi connectivity index (χ4v) is 1.79. The normalized spacial score (nSPS) is 12.8. The minimum atomic E-state index is 0.344. The number of hydrogen-bond acceptors (Lipinski definition) is 3. The van der Waals surface area contributed by atoms with Crippen LogP contribution in [-0.4, -0.2) is 39.2 Å². The topological polar surface area (TPSA) is 24.5 Å².